The molecule has 1 saturated heterocycles. The second-order valence-electron chi connectivity index (χ2n) is 7.88. The summed E-state index contributed by atoms with van der Waals surface area (Å²) in [6, 6.07) is 16.2. The predicted octanol–water partition coefficient (Wildman–Crippen LogP) is 3.04. The van der Waals surface area contributed by atoms with Crippen LogP contribution in [0.15, 0.2) is 48.5 Å². The van der Waals surface area contributed by atoms with Crippen LogP contribution in [0.2, 0.25) is 0 Å². The molecule has 0 spiro atoms. The summed E-state index contributed by atoms with van der Waals surface area (Å²) in [5, 5.41) is 3.59. The van der Waals surface area contributed by atoms with Crippen molar-refractivity contribution in [2.75, 3.05) is 63.7 Å². The highest BCUT2D eigenvalue weighted by atomic mass is 16.5. The second-order valence-corrected chi connectivity index (χ2v) is 7.88. The van der Waals surface area contributed by atoms with Gasteiger partial charge < -0.3 is 19.9 Å². The first-order valence-corrected chi connectivity index (χ1v) is 10.4. The Morgan fingerprint density at radius 1 is 1.03 bits per heavy atom. The number of anilines is 2. The van der Waals surface area contributed by atoms with Gasteiger partial charge in [0, 0.05) is 51.6 Å². The predicted molar refractivity (Wildman–Crippen MR) is 116 cm³/mol. The highest BCUT2D eigenvalue weighted by molar-refractivity contribution is 6.01. The lowest BCUT2D eigenvalue weighted by molar-refractivity contribution is 0.0348. The molecule has 2 aliphatic heterocycles. The van der Waals surface area contributed by atoms with E-state index in [1.165, 1.54) is 0 Å². The van der Waals surface area contributed by atoms with E-state index in [-0.39, 0.29) is 12.1 Å². The van der Waals surface area contributed by atoms with Crippen molar-refractivity contribution in [3.63, 3.8) is 0 Å². The van der Waals surface area contributed by atoms with Gasteiger partial charge in [-0.2, -0.15) is 0 Å². The Balaban J connectivity index is 1.53. The molecule has 2 aromatic rings. The van der Waals surface area contributed by atoms with Crippen molar-refractivity contribution in [3.8, 4) is 0 Å². The molecule has 1 amide bonds. The van der Waals surface area contributed by atoms with Crippen LogP contribution in [0.25, 0.3) is 0 Å². The molecule has 29 heavy (non-hydrogen) atoms. The minimum Gasteiger partial charge on any atom is -0.379 e. The molecule has 1 atom stereocenters. The maximum absolute atomic E-state index is 13.3. The number of amides is 1. The topological polar surface area (TPSA) is 48.1 Å². The van der Waals surface area contributed by atoms with Gasteiger partial charge in [-0.3, -0.25) is 9.69 Å². The van der Waals surface area contributed by atoms with Crippen LogP contribution in [-0.2, 0) is 4.74 Å². The summed E-state index contributed by atoms with van der Waals surface area (Å²) in [4.78, 5) is 19.8. The van der Waals surface area contributed by atoms with Crippen molar-refractivity contribution in [1.29, 1.82) is 0 Å². The van der Waals surface area contributed by atoms with Crippen LogP contribution in [0.5, 0.6) is 0 Å². The first kappa shape index (κ1) is 19.7. The average molecular weight is 395 g/mol. The Morgan fingerprint density at radius 3 is 2.48 bits per heavy atom. The number of ether oxygens (including phenoxy) is 1. The molecule has 6 heteroatoms. The number of carbonyl (C=O) groups excluding carboxylic acids is 1. The molecule has 2 aromatic carbocycles. The maximum atomic E-state index is 13.3. The van der Waals surface area contributed by atoms with E-state index in [2.05, 4.69) is 39.4 Å². The van der Waals surface area contributed by atoms with E-state index in [9.17, 15) is 4.79 Å². The monoisotopic (exact) mass is 394 g/mol. The van der Waals surface area contributed by atoms with Crippen molar-refractivity contribution in [1.82, 2.24) is 9.80 Å². The fourth-order valence-corrected chi connectivity index (χ4v) is 4.03. The Kier molecular flexibility index (Phi) is 6.02. The van der Waals surface area contributed by atoms with Crippen molar-refractivity contribution >= 4 is 17.3 Å². The number of hydrogen-bond acceptors (Lipinski definition) is 5. The third-order valence-electron chi connectivity index (χ3n) is 5.72. The zero-order chi connectivity index (χ0) is 20.2. The summed E-state index contributed by atoms with van der Waals surface area (Å²) >= 11 is 0. The number of benzene rings is 2. The molecular weight excluding hydrogens is 364 g/mol. The van der Waals surface area contributed by atoms with Crippen molar-refractivity contribution in [2.24, 2.45) is 0 Å². The number of nitrogens with one attached hydrogen (secondary N) is 1. The Hall–Kier alpha value is -2.57. The van der Waals surface area contributed by atoms with Crippen LogP contribution in [0.1, 0.15) is 28.5 Å². The van der Waals surface area contributed by atoms with Crippen LogP contribution < -0.4 is 10.2 Å². The number of morpholine rings is 1. The molecule has 154 valence electrons. The van der Waals surface area contributed by atoms with E-state index in [1.54, 1.807) is 0 Å². The molecule has 0 aromatic heterocycles. The number of nitrogens with zero attached hydrogens (tertiary/aromatic N) is 3. The third-order valence-corrected chi connectivity index (χ3v) is 5.72. The molecule has 2 heterocycles. The number of hydrogen-bond donors (Lipinski definition) is 1. The normalized spacial score (nSPS) is 19.6. The van der Waals surface area contributed by atoms with Gasteiger partial charge in [-0.25, -0.2) is 0 Å². The summed E-state index contributed by atoms with van der Waals surface area (Å²) in [5.74, 6) is 0.100. The van der Waals surface area contributed by atoms with Gasteiger partial charge in [0.05, 0.1) is 18.8 Å². The second kappa shape index (κ2) is 8.84. The lowest BCUT2D eigenvalue weighted by atomic mass is 10.0. The van der Waals surface area contributed by atoms with Gasteiger partial charge in [0.2, 0.25) is 0 Å². The van der Waals surface area contributed by atoms with Crippen LogP contribution in [0.3, 0.4) is 0 Å². The zero-order valence-corrected chi connectivity index (χ0v) is 17.3. The molecule has 6 nitrogen and oxygen atoms in total. The number of rotatable bonds is 6. The fourth-order valence-electron chi connectivity index (χ4n) is 4.03. The standard InChI is InChI=1S/C23H30N4O2/c1-25(2)19-10-8-18(9-11-19)22-24-21-7-4-3-6-20(21)23(28)27(22)13-5-12-26-14-16-29-17-15-26/h3-4,6-11,22,24H,5,12-17H2,1-2H3/t22-/m1/s1. The molecular formula is C23H30N4O2. The minimum atomic E-state index is -0.154. The molecule has 0 aliphatic carbocycles. The number of fused-ring (bicyclic) bond motifs is 1. The van der Waals surface area contributed by atoms with Crippen molar-refractivity contribution < 1.29 is 9.53 Å². The first-order valence-electron chi connectivity index (χ1n) is 10.4. The molecule has 1 fully saturated rings. The van der Waals surface area contributed by atoms with Gasteiger partial charge in [-0.1, -0.05) is 24.3 Å². The Bertz CT molecular complexity index is 831. The maximum Gasteiger partial charge on any atom is 0.257 e. The van der Waals surface area contributed by atoms with Crippen LogP contribution in [-0.4, -0.2) is 69.2 Å². The fraction of sp³-hybridized carbons (Fsp3) is 0.435. The zero-order valence-electron chi connectivity index (χ0n) is 17.3. The van der Waals surface area contributed by atoms with Gasteiger partial charge in [-0.05, 0) is 36.2 Å². The molecule has 0 radical (unpaired) electrons. The van der Waals surface area contributed by atoms with E-state index >= 15 is 0 Å². The third kappa shape index (κ3) is 4.38. The van der Waals surface area contributed by atoms with Gasteiger partial charge in [0.15, 0.2) is 0 Å². The van der Waals surface area contributed by atoms with Gasteiger partial charge in [0.25, 0.3) is 5.91 Å². The largest absolute Gasteiger partial charge is 0.379 e. The molecule has 2 aliphatic rings. The average Bonchev–Trinajstić information content (AvgIpc) is 2.76. The molecule has 0 bridgehead atoms. The number of para-hydroxylation sites is 1. The summed E-state index contributed by atoms with van der Waals surface area (Å²) in [6.07, 6.45) is 0.792. The quantitative estimate of drug-likeness (QED) is 0.816. The van der Waals surface area contributed by atoms with Gasteiger partial charge in [-0.15, -0.1) is 0 Å². The molecule has 0 unspecified atom stereocenters. The van der Waals surface area contributed by atoms with Crippen molar-refractivity contribution in [2.45, 2.75) is 12.6 Å². The smallest absolute Gasteiger partial charge is 0.257 e. The minimum absolute atomic E-state index is 0.100. The molecule has 4 rings (SSSR count). The molecule has 1 N–H and O–H groups in total. The van der Waals surface area contributed by atoms with Crippen LogP contribution >= 0.6 is 0 Å². The summed E-state index contributed by atoms with van der Waals surface area (Å²) in [5.41, 5.74) is 3.91. The van der Waals surface area contributed by atoms with Crippen LogP contribution in [0.4, 0.5) is 11.4 Å². The highest BCUT2D eigenvalue weighted by Gasteiger charge is 2.32. The Labute approximate surface area is 173 Å². The van der Waals surface area contributed by atoms with E-state index in [4.69, 9.17) is 4.74 Å². The van der Waals surface area contributed by atoms with E-state index in [0.29, 0.717) is 0 Å². The lowest BCUT2D eigenvalue weighted by Crippen LogP contribution is -2.44. The van der Waals surface area contributed by atoms with Gasteiger partial charge >= 0.3 is 0 Å². The summed E-state index contributed by atoms with van der Waals surface area (Å²) in [7, 11) is 4.07. The van der Waals surface area contributed by atoms with Crippen LogP contribution in [0, 0.1) is 0 Å². The van der Waals surface area contributed by atoms with E-state index < -0.39 is 0 Å². The molecule has 0 saturated carbocycles. The van der Waals surface area contributed by atoms with E-state index in [0.717, 1.165) is 68.3 Å². The van der Waals surface area contributed by atoms with E-state index in [1.807, 2.05) is 43.3 Å². The SMILES string of the molecule is CN(C)c1ccc([C@@H]2Nc3ccccc3C(=O)N2CCCN2CCOCC2)cc1. The summed E-state index contributed by atoms with van der Waals surface area (Å²) in [6.45, 7) is 5.27. The lowest BCUT2D eigenvalue weighted by Gasteiger charge is -2.39. The van der Waals surface area contributed by atoms with Crippen molar-refractivity contribution in [3.05, 3.63) is 59.7 Å². The number of carbonyl (C=O) groups is 1. The first-order chi connectivity index (χ1) is 14.1. The summed E-state index contributed by atoms with van der Waals surface area (Å²) < 4.78 is 5.43. The van der Waals surface area contributed by atoms with Gasteiger partial charge in [0.1, 0.15) is 6.17 Å². The highest BCUT2D eigenvalue weighted by Crippen LogP contribution is 2.33. The Morgan fingerprint density at radius 2 is 1.76 bits per heavy atom.